The average molecular weight is 324 g/mol. The number of carbonyl (C=O) groups excluding carboxylic acids is 1. The minimum Gasteiger partial charge on any atom is -0.326 e. The molecule has 0 aromatic heterocycles. The summed E-state index contributed by atoms with van der Waals surface area (Å²) in [5.41, 5.74) is 2.87. The molecule has 1 amide bonds. The number of sulfonamides is 1. The summed E-state index contributed by atoms with van der Waals surface area (Å²) >= 11 is 0. The molecule has 1 aromatic carbocycles. The van der Waals surface area contributed by atoms with Crippen LogP contribution < -0.4 is 5.32 Å². The third-order valence-corrected chi connectivity index (χ3v) is 5.53. The highest BCUT2D eigenvalue weighted by Crippen LogP contribution is 2.24. The number of anilines is 1. The second kappa shape index (κ2) is 6.79. The lowest BCUT2D eigenvalue weighted by atomic mass is 9.99. The van der Waals surface area contributed by atoms with Gasteiger partial charge in [-0.15, -0.1) is 0 Å². The highest BCUT2D eigenvalue weighted by Gasteiger charge is 2.23. The summed E-state index contributed by atoms with van der Waals surface area (Å²) in [5, 5.41) is 2.94. The lowest BCUT2D eigenvalue weighted by molar-refractivity contribution is -0.120. The molecule has 1 aliphatic heterocycles. The van der Waals surface area contributed by atoms with Crippen molar-refractivity contribution in [3.63, 3.8) is 0 Å². The summed E-state index contributed by atoms with van der Waals surface area (Å²) in [6.07, 6.45) is 3.57. The Labute approximate surface area is 132 Å². The molecule has 0 spiro atoms. The lowest BCUT2D eigenvalue weighted by Crippen LogP contribution is -2.35. The molecule has 6 heteroatoms. The highest BCUT2D eigenvalue weighted by molar-refractivity contribution is 7.88. The van der Waals surface area contributed by atoms with E-state index in [2.05, 4.69) is 5.32 Å². The van der Waals surface area contributed by atoms with Crippen LogP contribution in [-0.2, 0) is 27.8 Å². The minimum absolute atomic E-state index is 0.0172. The highest BCUT2D eigenvalue weighted by atomic mass is 32.2. The van der Waals surface area contributed by atoms with Gasteiger partial charge in [-0.1, -0.05) is 19.9 Å². The molecule has 0 atom stereocenters. The first kappa shape index (κ1) is 17.0. The van der Waals surface area contributed by atoms with Gasteiger partial charge in [0.25, 0.3) is 0 Å². The average Bonchev–Trinajstić information content (AvgIpc) is 2.46. The molecule has 0 bridgehead atoms. The summed E-state index contributed by atoms with van der Waals surface area (Å²) in [4.78, 5) is 12.1. The fourth-order valence-corrected chi connectivity index (χ4v) is 3.59. The maximum atomic E-state index is 12.1. The van der Waals surface area contributed by atoms with Gasteiger partial charge in [0.05, 0.1) is 6.26 Å². The molecule has 5 nitrogen and oxygen atoms in total. The number of nitrogens with one attached hydrogen (secondary N) is 1. The Bertz CT molecular complexity index is 651. The SMILES string of the molecule is CCC(CC)C(=O)Nc1ccc2c(c1)CN(S(C)(=O)=O)CC2. The van der Waals surface area contributed by atoms with Crippen molar-refractivity contribution in [1.82, 2.24) is 4.31 Å². The van der Waals surface area contributed by atoms with Crippen LogP contribution >= 0.6 is 0 Å². The zero-order valence-electron chi connectivity index (χ0n) is 13.4. The molecular formula is C16H24N2O3S. The standard InChI is InChI=1S/C16H24N2O3S/c1-4-12(5-2)16(19)17-15-7-6-13-8-9-18(22(3,20)21)11-14(13)10-15/h6-7,10,12H,4-5,8-9,11H2,1-3H3,(H,17,19). The topological polar surface area (TPSA) is 66.5 Å². The van der Waals surface area contributed by atoms with Gasteiger partial charge in [0.1, 0.15) is 0 Å². The number of fused-ring (bicyclic) bond motifs is 1. The Morgan fingerprint density at radius 3 is 2.55 bits per heavy atom. The second-order valence-electron chi connectivity index (χ2n) is 5.83. The number of nitrogens with zero attached hydrogens (tertiary/aromatic N) is 1. The largest absolute Gasteiger partial charge is 0.326 e. The van der Waals surface area contributed by atoms with Crippen LogP contribution in [0.5, 0.6) is 0 Å². The second-order valence-corrected chi connectivity index (χ2v) is 7.82. The van der Waals surface area contributed by atoms with E-state index < -0.39 is 10.0 Å². The molecule has 1 N–H and O–H groups in total. The zero-order valence-corrected chi connectivity index (χ0v) is 14.2. The number of hydrogen-bond donors (Lipinski definition) is 1. The Hall–Kier alpha value is -1.40. The molecule has 0 unspecified atom stereocenters. The van der Waals surface area contributed by atoms with Crippen molar-refractivity contribution < 1.29 is 13.2 Å². The Morgan fingerprint density at radius 2 is 1.95 bits per heavy atom. The molecule has 1 aromatic rings. The van der Waals surface area contributed by atoms with Gasteiger partial charge < -0.3 is 5.32 Å². The molecule has 1 heterocycles. The third kappa shape index (κ3) is 3.87. The zero-order chi connectivity index (χ0) is 16.3. The molecule has 0 fully saturated rings. The van der Waals surface area contributed by atoms with Gasteiger partial charge in [0.2, 0.25) is 15.9 Å². The van der Waals surface area contributed by atoms with Crippen molar-refractivity contribution in [1.29, 1.82) is 0 Å². The van der Waals surface area contributed by atoms with Crippen LogP contribution in [-0.4, -0.2) is 31.4 Å². The third-order valence-electron chi connectivity index (χ3n) is 4.28. The first-order valence-electron chi connectivity index (χ1n) is 7.73. The van der Waals surface area contributed by atoms with E-state index in [1.54, 1.807) is 0 Å². The van der Waals surface area contributed by atoms with E-state index in [0.717, 1.165) is 29.7 Å². The van der Waals surface area contributed by atoms with Crippen molar-refractivity contribution in [2.75, 3.05) is 18.1 Å². The van der Waals surface area contributed by atoms with Gasteiger partial charge >= 0.3 is 0 Å². The number of hydrogen-bond acceptors (Lipinski definition) is 3. The first-order valence-corrected chi connectivity index (χ1v) is 9.57. The molecule has 0 radical (unpaired) electrons. The predicted octanol–water partition coefficient (Wildman–Crippen LogP) is 2.38. The van der Waals surface area contributed by atoms with Crippen molar-refractivity contribution in [3.8, 4) is 0 Å². The molecule has 0 saturated carbocycles. The summed E-state index contributed by atoms with van der Waals surface area (Å²) < 4.78 is 24.8. The van der Waals surface area contributed by atoms with Gasteiger partial charge in [0, 0.05) is 24.7 Å². The van der Waals surface area contributed by atoms with Gasteiger partial charge in [-0.3, -0.25) is 4.79 Å². The smallest absolute Gasteiger partial charge is 0.227 e. The van der Waals surface area contributed by atoms with E-state index in [1.165, 1.54) is 10.6 Å². The number of carbonyl (C=O) groups is 1. The van der Waals surface area contributed by atoms with E-state index in [4.69, 9.17) is 0 Å². The normalized spacial score (nSPS) is 15.6. The van der Waals surface area contributed by atoms with Crippen LogP contribution in [0, 0.1) is 5.92 Å². The van der Waals surface area contributed by atoms with E-state index in [9.17, 15) is 13.2 Å². The van der Waals surface area contributed by atoms with Crippen molar-refractivity contribution in [2.45, 2.75) is 39.7 Å². The minimum atomic E-state index is -3.18. The molecule has 0 aliphatic carbocycles. The Balaban J connectivity index is 2.16. The lowest BCUT2D eigenvalue weighted by Gasteiger charge is -2.27. The Kier molecular flexibility index (Phi) is 5.24. The summed E-state index contributed by atoms with van der Waals surface area (Å²) in [5.74, 6) is 0.0456. The van der Waals surface area contributed by atoms with Crippen LogP contribution in [0.15, 0.2) is 18.2 Å². The first-order chi connectivity index (χ1) is 10.3. The molecule has 0 saturated heterocycles. The van der Waals surface area contributed by atoms with Crippen molar-refractivity contribution in [2.24, 2.45) is 5.92 Å². The van der Waals surface area contributed by atoms with Crippen LogP contribution in [0.1, 0.15) is 37.8 Å². The fraction of sp³-hybridized carbons (Fsp3) is 0.562. The van der Waals surface area contributed by atoms with Gasteiger partial charge in [0.15, 0.2) is 0 Å². The maximum Gasteiger partial charge on any atom is 0.227 e. The van der Waals surface area contributed by atoms with Gasteiger partial charge in [-0.05, 0) is 42.5 Å². The van der Waals surface area contributed by atoms with Crippen molar-refractivity contribution >= 4 is 21.6 Å². The molecule has 122 valence electrons. The van der Waals surface area contributed by atoms with Gasteiger partial charge in [-0.2, -0.15) is 4.31 Å². The van der Waals surface area contributed by atoms with E-state index >= 15 is 0 Å². The van der Waals surface area contributed by atoms with E-state index in [1.807, 2.05) is 32.0 Å². The quantitative estimate of drug-likeness (QED) is 0.904. The predicted molar refractivity (Wildman–Crippen MR) is 88.1 cm³/mol. The molecule has 1 aliphatic rings. The summed E-state index contributed by atoms with van der Waals surface area (Å²) in [6, 6.07) is 5.78. The summed E-state index contributed by atoms with van der Waals surface area (Å²) in [7, 11) is -3.18. The molecular weight excluding hydrogens is 300 g/mol. The number of amides is 1. The van der Waals surface area contributed by atoms with Gasteiger partial charge in [-0.25, -0.2) is 8.42 Å². The number of rotatable bonds is 5. The van der Waals surface area contributed by atoms with E-state index in [0.29, 0.717) is 19.5 Å². The van der Waals surface area contributed by atoms with Crippen LogP contribution in [0.2, 0.25) is 0 Å². The molecule has 22 heavy (non-hydrogen) atoms. The fourth-order valence-electron chi connectivity index (χ4n) is 2.80. The number of benzene rings is 1. The Morgan fingerprint density at radius 1 is 1.27 bits per heavy atom. The van der Waals surface area contributed by atoms with Crippen LogP contribution in [0.3, 0.4) is 0 Å². The van der Waals surface area contributed by atoms with E-state index in [-0.39, 0.29) is 11.8 Å². The van der Waals surface area contributed by atoms with Crippen LogP contribution in [0.25, 0.3) is 0 Å². The monoisotopic (exact) mass is 324 g/mol. The maximum absolute atomic E-state index is 12.1. The van der Waals surface area contributed by atoms with Crippen LogP contribution in [0.4, 0.5) is 5.69 Å². The molecule has 2 rings (SSSR count). The van der Waals surface area contributed by atoms with Crippen molar-refractivity contribution in [3.05, 3.63) is 29.3 Å². The summed E-state index contributed by atoms with van der Waals surface area (Å²) in [6.45, 7) is 4.91.